The van der Waals surface area contributed by atoms with Gasteiger partial charge in [-0.3, -0.25) is 0 Å². The van der Waals surface area contributed by atoms with Crippen LogP contribution in [0.2, 0.25) is 0 Å². The van der Waals surface area contributed by atoms with Gasteiger partial charge in [0, 0.05) is 32.7 Å². The number of aryl methyl sites for hydroxylation is 1. The van der Waals surface area contributed by atoms with Crippen molar-refractivity contribution in [3.63, 3.8) is 0 Å². The van der Waals surface area contributed by atoms with E-state index in [0.717, 1.165) is 44.8 Å². The number of hydrogen-bond donors (Lipinski definition) is 1. The van der Waals surface area contributed by atoms with Crippen molar-refractivity contribution in [2.75, 3.05) is 40.5 Å². The number of benzene rings is 1. The maximum Gasteiger partial charge on any atom is 0.317 e. The Morgan fingerprint density at radius 1 is 1.50 bits per heavy atom. The highest BCUT2D eigenvalue weighted by Gasteiger charge is 2.19. The number of carbonyl (C=O) groups is 1. The molecule has 5 heteroatoms. The van der Waals surface area contributed by atoms with Crippen molar-refractivity contribution in [3.05, 3.63) is 29.8 Å². The highest BCUT2D eigenvalue weighted by atomic mass is 16.5. The zero-order chi connectivity index (χ0) is 15.8. The van der Waals surface area contributed by atoms with Crippen LogP contribution in [0.5, 0.6) is 5.75 Å². The van der Waals surface area contributed by atoms with E-state index in [9.17, 15) is 4.79 Å². The summed E-state index contributed by atoms with van der Waals surface area (Å²) < 4.78 is 10.5. The molecule has 1 unspecified atom stereocenters. The average molecular weight is 306 g/mol. The second-order valence-electron chi connectivity index (χ2n) is 5.80. The third-order valence-electron chi connectivity index (χ3n) is 3.96. The Morgan fingerprint density at radius 2 is 2.36 bits per heavy atom. The summed E-state index contributed by atoms with van der Waals surface area (Å²) in [6.07, 6.45) is 2.89. The van der Waals surface area contributed by atoms with Crippen LogP contribution in [0.25, 0.3) is 0 Å². The van der Waals surface area contributed by atoms with Crippen LogP contribution in [-0.4, -0.2) is 51.4 Å². The summed E-state index contributed by atoms with van der Waals surface area (Å²) in [5.74, 6) is 1.35. The van der Waals surface area contributed by atoms with Crippen LogP contribution in [-0.2, 0) is 11.2 Å². The van der Waals surface area contributed by atoms with E-state index < -0.39 is 0 Å². The topological polar surface area (TPSA) is 50.8 Å². The first-order valence-corrected chi connectivity index (χ1v) is 7.88. The van der Waals surface area contributed by atoms with Gasteiger partial charge in [0.1, 0.15) is 5.75 Å². The number of rotatable bonds is 7. The molecule has 1 aliphatic rings. The fourth-order valence-corrected chi connectivity index (χ4v) is 2.65. The van der Waals surface area contributed by atoms with Crippen molar-refractivity contribution < 1.29 is 14.3 Å². The lowest BCUT2D eigenvalue weighted by Gasteiger charge is -2.20. The van der Waals surface area contributed by atoms with Gasteiger partial charge in [-0.1, -0.05) is 12.1 Å². The Hall–Kier alpha value is -1.75. The van der Waals surface area contributed by atoms with Crippen LogP contribution in [0.1, 0.15) is 18.4 Å². The summed E-state index contributed by atoms with van der Waals surface area (Å²) in [5.41, 5.74) is 1.23. The first kappa shape index (κ1) is 16.6. The highest BCUT2D eigenvalue weighted by Crippen LogP contribution is 2.14. The molecule has 1 N–H and O–H groups in total. The Morgan fingerprint density at radius 3 is 3.09 bits per heavy atom. The molecule has 1 aliphatic heterocycles. The summed E-state index contributed by atoms with van der Waals surface area (Å²) in [5, 5.41) is 2.97. The normalized spacial score (nSPS) is 17.3. The fourth-order valence-electron chi connectivity index (χ4n) is 2.65. The molecule has 2 rings (SSSR count). The number of ether oxygens (including phenoxy) is 2. The molecule has 1 aromatic rings. The molecule has 5 nitrogen and oxygen atoms in total. The van der Waals surface area contributed by atoms with Crippen LogP contribution in [0.15, 0.2) is 24.3 Å². The molecule has 1 aromatic carbocycles. The standard InChI is InChI=1S/C17H26N2O3/c1-19(12-15-8-10-22-13-15)17(20)18-9-4-6-14-5-3-7-16(11-14)21-2/h3,5,7,11,15H,4,6,8-10,12-13H2,1-2H3,(H,18,20). The van der Waals surface area contributed by atoms with Crippen molar-refractivity contribution in [2.24, 2.45) is 5.92 Å². The maximum absolute atomic E-state index is 12.0. The smallest absolute Gasteiger partial charge is 0.317 e. The Kier molecular flexibility index (Phi) is 6.52. The van der Waals surface area contributed by atoms with Gasteiger partial charge in [0.25, 0.3) is 0 Å². The Bertz CT molecular complexity index is 473. The predicted molar refractivity (Wildman–Crippen MR) is 86.3 cm³/mol. The molecule has 0 aliphatic carbocycles. The number of hydrogen-bond acceptors (Lipinski definition) is 3. The zero-order valence-corrected chi connectivity index (χ0v) is 13.5. The van der Waals surface area contributed by atoms with E-state index in [1.807, 2.05) is 25.2 Å². The summed E-state index contributed by atoms with van der Waals surface area (Å²) >= 11 is 0. The van der Waals surface area contributed by atoms with Gasteiger partial charge < -0.3 is 19.7 Å². The van der Waals surface area contributed by atoms with E-state index >= 15 is 0 Å². The minimum absolute atomic E-state index is 0.00228. The van der Waals surface area contributed by atoms with Gasteiger partial charge in [0.15, 0.2) is 0 Å². The summed E-state index contributed by atoms with van der Waals surface area (Å²) in [6.45, 7) is 3.04. The maximum atomic E-state index is 12.0. The largest absolute Gasteiger partial charge is 0.497 e. The van der Waals surface area contributed by atoms with E-state index in [2.05, 4.69) is 11.4 Å². The third-order valence-corrected chi connectivity index (χ3v) is 3.96. The van der Waals surface area contributed by atoms with Crippen molar-refractivity contribution >= 4 is 6.03 Å². The molecule has 122 valence electrons. The van der Waals surface area contributed by atoms with Gasteiger partial charge in [0.05, 0.1) is 13.7 Å². The number of carbonyl (C=O) groups excluding carboxylic acids is 1. The van der Waals surface area contributed by atoms with Crippen LogP contribution >= 0.6 is 0 Å². The first-order chi connectivity index (χ1) is 10.7. The second kappa shape index (κ2) is 8.63. The lowest BCUT2D eigenvalue weighted by Crippen LogP contribution is -2.40. The van der Waals surface area contributed by atoms with E-state index in [-0.39, 0.29) is 6.03 Å². The van der Waals surface area contributed by atoms with Gasteiger partial charge in [-0.2, -0.15) is 0 Å². The second-order valence-corrected chi connectivity index (χ2v) is 5.80. The third kappa shape index (κ3) is 5.22. The van der Waals surface area contributed by atoms with E-state index in [0.29, 0.717) is 12.5 Å². The minimum Gasteiger partial charge on any atom is -0.497 e. The summed E-state index contributed by atoms with van der Waals surface area (Å²) in [6, 6.07) is 8.04. The van der Waals surface area contributed by atoms with E-state index in [1.165, 1.54) is 5.56 Å². The van der Waals surface area contributed by atoms with Gasteiger partial charge >= 0.3 is 6.03 Å². The van der Waals surface area contributed by atoms with Gasteiger partial charge in [0.2, 0.25) is 0 Å². The van der Waals surface area contributed by atoms with Gasteiger partial charge in [-0.15, -0.1) is 0 Å². The zero-order valence-electron chi connectivity index (χ0n) is 13.5. The van der Waals surface area contributed by atoms with E-state index in [4.69, 9.17) is 9.47 Å². The predicted octanol–water partition coefficient (Wildman–Crippen LogP) is 2.31. The SMILES string of the molecule is COc1cccc(CCCNC(=O)N(C)CC2CCOC2)c1. The lowest BCUT2D eigenvalue weighted by atomic mass is 10.1. The molecule has 1 fully saturated rings. The molecule has 1 saturated heterocycles. The molecule has 0 radical (unpaired) electrons. The first-order valence-electron chi connectivity index (χ1n) is 7.88. The van der Waals surface area contributed by atoms with Gasteiger partial charge in [-0.05, 0) is 37.0 Å². The van der Waals surface area contributed by atoms with Crippen LogP contribution < -0.4 is 10.1 Å². The molecular weight excluding hydrogens is 280 g/mol. The van der Waals surface area contributed by atoms with Crippen molar-refractivity contribution in [1.82, 2.24) is 10.2 Å². The Labute approximate surface area is 132 Å². The number of nitrogens with zero attached hydrogens (tertiary/aromatic N) is 1. The van der Waals surface area contributed by atoms with Crippen LogP contribution in [0.3, 0.4) is 0 Å². The summed E-state index contributed by atoms with van der Waals surface area (Å²) in [7, 11) is 3.51. The monoisotopic (exact) mass is 306 g/mol. The van der Waals surface area contributed by atoms with Gasteiger partial charge in [-0.25, -0.2) is 4.79 Å². The number of methoxy groups -OCH3 is 1. The molecule has 0 bridgehead atoms. The number of urea groups is 1. The quantitative estimate of drug-likeness (QED) is 0.787. The number of nitrogens with one attached hydrogen (secondary N) is 1. The van der Waals surface area contributed by atoms with Crippen molar-refractivity contribution in [2.45, 2.75) is 19.3 Å². The highest BCUT2D eigenvalue weighted by molar-refractivity contribution is 5.73. The lowest BCUT2D eigenvalue weighted by molar-refractivity contribution is 0.171. The molecular formula is C17H26N2O3. The molecule has 22 heavy (non-hydrogen) atoms. The molecule has 1 atom stereocenters. The fraction of sp³-hybridized carbons (Fsp3) is 0.588. The minimum atomic E-state index is -0.00228. The molecule has 0 saturated carbocycles. The molecule has 1 heterocycles. The molecule has 0 aromatic heterocycles. The number of amides is 2. The Balaban J connectivity index is 1.63. The average Bonchev–Trinajstić information content (AvgIpc) is 3.04. The van der Waals surface area contributed by atoms with Crippen LogP contribution in [0.4, 0.5) is 4.79 Å². The van der Waals surface area contributed by atoms with Crippen molar-refractivity contribution in [3.8, 4) is 5.75 Å². The molecule has 2 amide bonds. The van der Waals surface area contributed by atoms with Crippen LogP contribution in [0, 0.1) is 5.92 Å². The van der Waals surface area contributed by atoms with Crippen molar-refractivity contribution in [1.29, 1.82) is 0 Å². The summed E-state index contributed by atoms with van der Waals surface area (Å²) in [4.78, 5) is 13.8. The van der Waals surface area contributed by atoms with E-state index in [1.54, 1.807) is 12.0 Å². The molecule has 0 spiro atoms.